The van der Waals surface area contributed by atoms with Crippen molar-refractivity contribution in [2.75, 3.05) is 0 Å². The van der Waals surface area contributed by atoms with E-state index in [2.05, 4.69) is 0 Å². The van der Waals surface area contributed by atoms with E-state index in [1.165, 1.54) is 0 Å². The molecule has 0 aromatic carbocycles. The Morgan fingerprint density at radius 1 is 0.318 bits per heavy atom. The second-order valence-corrected chi connectivity index (χ2v) is 76.2. The van der Waals surface area contributed by atoms with Crippen LogP contribution in [-0.2, 0) is 73.6 Å². The summed E-state index contributed by atoms with van der Waals surface area (Å²) < 4.78 is 0. The van der Waals surface area contributed by atoms with E-state index in [0.29, 0.717) is 0 Å². The monoisotopic (exact) mass is 1560 g/mol. The van der Waals surface area contributed by atoms with Crippen LogP contribution in [0.3, 0.4) is 0 Å². The molecule has 0 rings (SSSR count). The summed E-state index contributed by atoms with van der Waals surface area (Å²) in [6, 6.07) is 0. The van der Waals surface area contributed by atoms with Gasteiger partial charge in [-0.25, -0.2) is 0 Å². The normalized spacial score (nSPS) is 13.8. The molecule has 0 aliphatic rings. The molecule has 0 aliphatic carbocycles. The Morgan fingerprint density at radius 3 is 0.318 bits per heavy atom. The molecule has 0 saturated carbocycles. The zero-order valence-electron chi connectivity index (χ0n) is 9.05. The van der Waals surface area contributed by atoms with E-state index in [0.717, 1.165) is 0 Å². The quantitative estimate of drug-likeness (QED) is 0.217. The fourth-order valence-electron chi connectivity index (χ4n) is 0. The van der Waals surface area contributed by atoms with Crippen LogP contribution >= 0.6 is 147 Å². The first-order valence-electron chi connectivity index (χ1n) is 1.82. The minimum absolute atomic E-state index is 0. The van der Waals surface area contributed by atoms with Crippen molar-refractivity contribution in [1.29, 1.82) is 0 Å². The topological polar surface area (TPSA) is 31.5 Å². The van der Waals surface area contributed by atoms with Crippen LogP contribution in [-0.4, -0.2) is 5.48 Å². The SMILES string of the molecule is O.[Au+3].[Cl][Au-]([Cl])([Cl])[Cl].[Cl][Au-]([Cl])([Cl])[Cl].[Cl][Au-]([Cl])([Cl])[Cl].[Cl][Au-]([Cl])([Cl])[Cl].[H+]. The summed E-state index contributed by atoms with van der Waals surface area (Å²) in [5.41, 5.74) is 0. The van der Waals surface area contributed by atoms with Gasteiger partial charge in [-0.05, 0) is 0 Å². The fourth-order valence-corrected chi connectivity index (χ4v) is 0. The van der Waals surface area contributed by atoms with E-state index in [1.54, 1.807) is 0 Å². The van der Waals surface area contributed by atoms with Gasteiger partial charge in [-0.15, -0.1) is 0 Å². The van der Waals surface area contributed by atoms with Crippen molar-refractivity contribution < 1.29 is 80.5 Å². The Kier molecular flexibility index (Phi) is 45.0. The standard InChI is InChI=1S/5Au.16ClH.H2O/h;;;;;16*1H;1H2/q5*+3;;;;;;;;;;;;;;;;;/p-15. The first-order valence-corrected chi connectivity index (χ1v) is 44.8. The molecule has 0 aromatic heterocycles. The van der Waals surface area contributed by atoms with Gasteiger partial charge in [0.15, 0.2) is 0 Å². The molecule has 0 aromatic rings. The van der Waals surface area contributed by atoms with Crippen LogP contribution in [0.15, 0.2) is 0 Å². The number of hydrogen-bond donors (Lipinski definition) is 0. The van der Waals surface area contributed by atoms with Gasteiger partial charge in [-0.1, -0.05) is 0 Å². The summed E-state index contributed by atoms with van der Waals surface area (Å²) in [4.78, 5) is 0. The Labute approximate surface area is 221 Å². The average molecular weight is 1570 g/mol. The van der Waals surface area contributed by atoms with Gasteiger partial charge in [0, 0.05) is 0 Å². The fraction of sp³-hybridized carbons (Fsp3) is 0. The van der Waals surface area contributed by atoms with E-state index in [4.69, 9.17) is 147 Å². The molecule has 22 heteroatoms. The van der Waals surface area contributed by atoms with E-state index in [-0.39, 0.29) is 29.3 Å². The van der Waals surface area contributed by atoms with Crippen molar-refractivity contribution >= 4 is 147 Å². The molecular formula is H3Au5Cl16O. The molecule has 0 unspecified atom stereocenters. The maximum Gasteiger partial charge on any atom is 1.00 e. The van der Waals surface area contributed by atoms with Gasteiger partial charge in [0.1, 0.15) is 0 Å². The molecule has 176 valence electrons. The van der Waals surface area contributed by atoms with Crippen LogP contribution < -0.4 is 0 Å². The maximum absolute atomic E-state index is 5.00. The predicted octanol–water partition coefficient (Wildman–Crippen LogP) is 10.3. The van der Waals surface area contributed by atoms with Crippen molar-refractivity contribution in [1.82, 2.24) is 0 Å². The molecule has 0 amide bonds. The molecule has 1 nitrogen and oxygen atoms in total. The predicted molar refractivity (Wildman–Crippen MR) is 98.4 cm³/mol. The maximum atomic E-state index is 5.00. The Balaban J connectivity index is -0.0000000284. The number of halogens is 16. The Hall–Kier alpha value is 8.30. The van der Waals surface area contributed by atoms with Crippen LogP contribution in [0.25, 0.3) is 0 Å². The van der Waals surface area contributed by atoms with Crippen LogP contribution in [0.4, 0.5) is 0 Å². The van der Waals surface area contributed by atoms with Gasteiger partial charge in [-0.2, -0.15) is 0 Å². The van der Waals surface area contributed by atoms with Crippen molar-refractivity contribution in [2.45, 2.75) is 0 Å². The number of rotatable bonds is 0. The summed E-state index contributed by atoms with van der Waals surface area (Å²) in [5.74, 6) is 0. The largest absolute Gasteiger partial charge is 1.00 e. The second-order valence-electron chi connectivity index (χ2n) is 1.03. The summed E-state index contributed by atoms with van der Waals surface area (Å²) in [6.45, 7) is 0. The third-order valence-electron chi connectivity index (χ3n) is 0. The van der Waals surface area contributed by atoms with Crippen LogP contribution in [0.5, 0.6) is 0 Å². The van der Waals surface area contributed by atoms with Crippen LogP contribution in [0, 0.1) is 0 Å². The summed E-state index contributed by atoms with van der Waals surface area (Å²) in [6.07, 6.45) is 0. The van der Waals surface area contributed by atoms with Gasteiger partial charge in [-0.3, -0.25) is 0 Å². The minimum atomic E-state index is -3.00. The smallest absolute Gasteiger partial charge is 1.00 e. The Bertz CT molecular complexity index is 138. The first-order chi connectivity index (χ1) is 8.00. The molecule has 2 N–H and O–H groups in total. The molecule has 0 radical (unpaired) electrons. The molecule has 0 aliphatic heterocycles. The number of hydrogen-bond acceptors (Lipinski definition) is 0. The molecule has 0 saturated heterocycles. The van der Waals surface area contributed by atoms with Crippen LogP contribution in [0.2, 0.25) is 0 Å². The van der Waals surface area contributed by atoms with Gasteiger partial charge in [0.05, 0.1) is 0 Å². The third kappa shape index (κ3) is 306. The van der Waals surface area contributed by atoms with Gasteiger partial charge < -0.3 is 5.48 Å². The van der Waals surface area contributed by atoms with Crippen LogP contribution in [0.1, 0.15) is 1.43 Å². The molecule has 0 fully saturated rings. The first kappa shape index (κ1) is 44.1. The summed E-state index contributed by atoms with van der Waals surface area (Å²) in [5, 5.41) is 0. The molecule has 0 spiro atoms. The van der Waals surface area contributed by atoms with Gasteiger partial charge >= 0.3 is 222 Å². The zero-order chi connectivity index (χ0) is 18.0. The minimum Gasteiger partial charge on any atom is 1.00 e. The van der Waals surface area contributed by atoms with E-state index >= 15 is 0 Å². The molecule has 0 heterocycles. The van der Waals surface area contributed by atoms with E-state index in [9.17, 15) is 0 Å². The zero-order valence-corrected chi connectivity index (χ0v) is 31.0. The van der Waals surface area contributed by atoms with Crippen molar-refractivity contribution in [2.24, 2.45) is 0 Å². The van der Waals surface area contributed by atoms with Gasteiger partial charge in [0.25, 0.3) is 0 Å². The van der Waals surface area contributed by atoms with Crippen molar-refractivity contribution in [3.63, 3.8) is 0 Å². The average Bonchev–Trinajstić information content (AvgIpc) is 1.62. The Morgan fingerprint density at radius 2 is 0.318 bits per heavy atom. The van der Waals surface area contributed by atoms with Crippen molar-refractivity contribution in [3.05, 3.63) is 0 Å². The second kappa shape index (κ2) is 22.5. The van der Waals surface area contributed by atoms with E-state index < -0.39 is 51.2 Å². The van der Waals surface area contributed by atoms with Gasteiger partial charge in [0.2, 0.25) is 0 Å². The summed E-state index contributed by atoms with van der Waals surface area (Å²) in [7, 11) is 80.0. The molecule has 22 heavy (non-hydrogen) atoms. The molecule has 0 bridgehead atoms. The molecule has 0 atom stereocenters. The third-order valence-corrected chi connectivity index (χ3v) is 0. The summed E-state index contributed by atoms with van der Waals surface area (Å²) >= 11 is -12.0. The van der Waals surface area contributed by atoms with E-state index in [1.807, 2.05) is 0 Å². The van der Waals surface area contributed by atoms with Crippen molar-refractivity contribution in [3.8, 4) is 0 Å². The molecular weight excluding hydrogens is 1570 g/mol.